The number of carbonyl (C=O) groups excluding carboxylic acids is 2. The number of unbranched alkanes of at least 4 members (excludes halogenated alkanes) is 1. The minimum Gasteiger partial charge on any atom is -0.534 e. The number of fused-ring (bicyclic) bond motifs is 1. The molecule has 1 heterocycles. The van der Waals surface area contributed by atoms with E-state index < -0.39 is 19.3 Å². The molecule has 0 aliphatic carbocycles. The van der Waals surface area contributed by atoms with E-state index in [0.717, 1.165) is 18.4 Å². The first kappa shape index (κ1) is 21.4. The molecule has 3 N–H and O–H groups in total. The van der Waals surface area contributed by atoms with Crippen molar-refractivity contribution in [3.05, 3.63) is 29.3 Å². The molecule has 0 aromatic heterocycles. The maximum atomic E-state index is 12.0. The summed E-state index contributed by atoms with van der Waals surface area (Å²) >= 11 is 0. The number of Topliss-reactive ketones (excluding diaryl/α,β-unsaturated/α-hetero) is 1. The third kappa shape index (κ3) is 6.34. The third-order valence-corrected chi connectivity index (χ3v) is 4.47. The second kappa shape index (κ2) is 10.4. The fourth-order valence-electron chi connectivity index (χ4n) is 2.97. The SMILES string of the molecule is CCCCOC(O)c1cccc2c1OB(O)[C@@H](NC(=O)CCCC(C)=O)C2. The lowest BCUT2D eigenvalue weighted by Gasteiger charge is -2.30. The lowest BCUT2D eigenvalue weighted by Crippen LogP contribution is -2.53. The Labute approximate surface area is 160 Å². The number of hydrogen-bond acceptors (Lipinski definition) is 6. The third-order valence-electron chi connectivity index (χ3n) is 4.47. The Hall–Kier alpha value is -1.90. The van der Waals surface area contributed by atoms with Gasteiger partial charge in [-0.3, -0.25) is 4.79 Å². The summed E-state index contributed by atoms with van der Waals surface area (Å²) < 4.78 is 11.0. The van der Waals surface area contributed by atoms with Gasteiger partial charge in [-0.05, 0) is 31.7 Å². The van der Waals surface area contributed by atoms with E-state index in [1.807, 2.05) is 13.0 Å². The van der Waals surface area contributed by atoms with Gasteiger partial charge in [-0.2, -0.15) is 0 Å². The number of aliphatic hydroxyl groups is 1. The molecule has 0 fully saturated rings. The summed E-state index contributed by atoms with van der Waals surface area (Å²) in [6, 6.07) is 5.31. The van der Waals surface area contributed by atoms with Gasteiger partial charge in [-0.25, -0.2) is 0 Å². The summed E-state index contributed by atoms with van der Waals surface area (Å²) in [6.45, 7) is 3.96. The lowest BCUT2D eigenvalue weighted by molar-refractivity contribution is -0.122. The van der Waals surface area contributed by atoms with Gasteiger partial charge in [0.2, 0.25) is 5.91 Å². The van der Waals surface area contributed by atoms with Crippen molar-refractivity contribution < 1.29 is 29.1 Å². The van der Waals surface area contributed by atoms with Crippen LogP contribution in [0.2, 0.25) is 0 Å². The smallest absolute Gasteiger partial charge is 0.534 e. The number of rotatable bonds is 10. The fourth-order valence-corrected chi connectivity index (χ4v) is 2.97. The van der Waals surface area contributed by atoms with Crippen molar-refractivity contribution in [3.63, 3.8) is 0 Å². The predicted molar refractivity (Wildman–Crippen MR) is 101 cm³/mol. The van der Waals surface area contributed by atoms with Gasteiger partial charge in [-0.1, -0.05) is 31.5 Å². The monoisotopic (exact) mass is 377 g/mol. The average molecular weight is 377 g/mol. The van der Waals surface area contributed by atoms with Gasteiger partial charge in [0, 0.05) is 18.4 Å². The zero-order valence-electron chi connectivity index (χ0n) is 15.9. The van der Waals surface area contributed by atoms with Crippen molar-refractivity contribution >= 4 is 18.8 Å². The first-order chi connectivity index (χ1) is 12.9. The van der Waals surface area contributed by atoms with Gasteiger partial charge >= 0.3 is 7.12 Å². The highest BCUT2D eigenvalue weighted by Gasteiger charge is 2.37. The zero-order chi connectivity index (χ0) is 19.8. The zero-order valence-corrected chi connectivity index (χ0v) is 15.9. The molecular weight excluding hydrogens is 349 g/mol. The Morgan fingerprint density at radius 2 is 2.15 bits per heavy atom. The van der Waals surface area contributed by atoms with Gasteiger partial charge in [0.1, 0.15) is 11.5 Å². The van der Waals surface area contributed by atoms with Crippen LogP contribution in [0.5, 0.6) is 5.75 Å². The molecule has 148 valence electrons. The number of para-hydroxylation sites is 1. The van der Waals surface area contributed by atoms with Gasteiger partial charge in [0.05, 0.1) is 12.5 Å². The van der Waals surface area contributed by atoms with E-state index in [1.54, 1.807) is 12.1 Å². The van der Waals surface area contributed by atoms with Crippen LogP contribution < -0.4 is 9.97 Å². The largest absolute Gasteiger partial charge is 0.547 e. The van der Waals surface area contributed by atoms with Crippen molar-refractivity contribution in [3.8, 4) is 5.75 Å². The minimum atomic E-state index is -1.22. The van der Waals surface area contributed by atoms with Crippen molar-refractivity contribution in [2.75, 3.05) is 6.61 Å². The van der Waals surface area contributed by atoms with Crippen LogP contribution in [-0.4, -0.2) is 41.5 Å². The Morgan fingerprint density at radius 3 is 2.85 bits per heavy atom. The second-order valence-corrected chi connectivity index (χ2v) is 6.85. The highest BCUT2D eigenvalue weighted by Crippen LogP contribution is 2.34. The molecule has 1 aliphatic rings. The Morgan fingerprint density at radius 1 is 1.37 bits per heavy atom. The van der Waals surface area contributed by atoms with Crippen molar-refractivity contribution in [1.29, 1.82) is 0 Å². The van der Waals surface area contributed by atoms with Crippen molar-refractivity contribution in [2.45, 2.75) is 64.6 Å². The Kier molecular flexibility index (Phi) is 8.28. The summed E-state index contributed by atoms with van der Waals surface area (Å²) in [7, 11) is -1.22. The summed E-state index contributed by atoms with van der Waals surface area (Å²) in [5, 5.41) is 23.3. The number of ether oxygens (including phenoxy) is 1. The topological polar surface area (TPSA) is 105 Å². The van der Waals surface area contributed by atoms with Crippen molar-refractivity contribution in [1.82, 2.24) is 5.32 Å². The van der Waals surface area contributed by atoms with Gasteiger partial charge in [-0.15, -0.1) is 0 Å². The molecule has 27 heavy (non-hydrogen) atoms. The van der Waals surface area contributed by atoms with Crippen molar-refractivity contribution in [2.24, 2.45) is 0 Å². The van der Waals surface area contributed by atoms with Crippen LogP contribution in [0.4, 0.5) is 0 Å². The standard InChI is InChI=1S/C19H28BNO6/c1-3-4-11-26-19(24)15-9-6-8-14-12-16(20(25)27-18(14)15)21-17(23)10-5-7-13(2)22/h6,8-9,16,19,24-25H,3-5,7,10-12H2,1-2H3,(H,21,23)/t16-,19?/m0/s1. The molecule has 1 aromatic rings. The molecule has 0 radical (unpaired) electrons. The van der Waals surface area contributed by atoms with E-state index in [0.29, 0.717) is 37.2 Å². The Balaban J connectivity index is 1.99. The average Bonchev–Trinajstić information content (AvgIpc) is 2.61. The number of benzene rings is 1. The van der Waals surface area contributed by atoms with Crippen LogP contribution in [0, 0.1) is 0 Å². The second-order valence-electron chi connectivity index (χ2n) is 6.85. The molecule has 1 amide bonds. The van der Waals surface area contributed by atoms with Crippen LogP contribution >= 0.6 is 0 Å². The first-order valence-electron chi connectivity index (χ1n) is 9.47. The lowest BCUT2D eigenvalue weighted by atomic mass is 9.72. The molecule has 2 rings (SSSR count). The molecular formula is C19H28BNO6. The molecule has 0 spiro atoms. The molecule has 7 nitrogen and oxygen atoms in total. The summed E-state index contributed by atoms with van der Waals surface area (Å²) in [4.78, 5) is 23.0. The van der Waals surface area contributed by atoms with E-state index in [4.69, 9.17) is 9.39 Å². The van der Waals surface area contributed by atoms with Gasteiger partial charge in [0.15, 0.2) is 6.29 Å². The van der Waals surface area contributed by atoms with Crippen LogP contribution in [0.25, 0.3) is 0 Å². The first-order valence-corrected chi connectivity index (χ1v) is 9.47. The van der Waals surface area contributed by atoms with Crippen LogP contribution in [0.3, 0.4) is 0 Å². The molecule has 8 heteroatoms. The molecule has 1 aromatic carbocycles. The fraction of sp³-hybridized carbons (Fsp3) is 0.579. The molecule has 2 atom stereocenters. The maximum absolute atomic E-state index is 12.0. The van der Waals surface area contributed by atoms with E-state index in [1.165, 1.54) is 6.92 Å². The number of aliphatic hydroxyl groups excluding tert-OH is 1. The number of ketones is 1. The molecule has 0 saturated carbocycles. The van der Waals surface area contributed by atoms with Gasteiger partial charge in [0.25, 0.3) is 0 Å². The van der Waals surface area contributed by atoms with E-state index in [-0.39, 0.29) is 18.1 Å². The normalized spacial score (nSPS) is 17.0. The van der Waals surface area contributed by atoms with Crippen LogP contribution in [0.15, 0.2) is 18.2 Å². The van der Waals surface area contributed by atoms with Crippen LogP contribution in [-0.2, 0) is 20.7 Å². The van der Waals surface area contributed by atoms with E-state index in [9.17, 15) is 19.7 Å². The minimum absolute atomic E-state index is 0.0463. The summed E-state index contributed by atoms with van der Waals surface area (Å²) in [6.07, 6.45) is 2.11. The summed E-state index contributed by atoms with van der Waals surface area (Å²) in [5.74, 6) is -0.372. The number of amides is 1. The highest BCUT2D eigenvalue weighted by molar-refractivity contribution is 6.46. The predicted octanol–water partition coefficient (Wildman–Crippen LogP) is 1.69. The highest BCUT2D eigenvalue weighted by atomic mass is 16.6. The van der Waals surface area contributed by atoms with E-state index in [2.05, 4.69) is 5.32 Å². The molecule has 0 saturated heterocycles. The molecule has 1 unspecified atom stereocenters. The Bertz CT molecular complexity index is 653. The molecule has 0 bridgehead atoms. The maximum Gasteiger partial charge on any atom is 0.547 e. The quantitative estimate of drug-likeness (QED) is 0.326. The van der Waals surface area contributed by atoms with E-state index >= 15 is 0 Å². The summed E-state index contributed by atoms with van der Waals surface area (Å²) in [5.41, 5.74) is 1.25. The van der Waals surface area contributed by atoms with Crippen LogP contribution in [0.1, 0.15) is 63.4 Å². The molecule has 1 aliphatic heterocycles. The number of nitrogens with one attached hydrogen (secondary N) is 1. The van der Waals surface area contributed by atoms with Gasteiger partial charge < -0.3 is 29.6 Å². The number of hydrogen-bond donors (Lipinski definition) is 3. The number of carbonyl (C=O) groups is 2.